The summed E-state index contributed by atoms with van der Waals surface area (Å²) in [6.45, 7) is 10.7. The lowest BCUT2D eigenvalue weighted by atomic mass is 9.86. The van der Waals surface area contributed by atoms with E-state index in [2.05, 4.69) is 44.0 Å². The first-order valence-corrected chi connectivity index (χ1v) is 15.8. The van der Waals surface area contributed by atoms with Crippen molar-refractivity contribution >= 4 is 11.6 Å². The predicted octanol–water partition coefficient (Wildman–Crippen LogP) is 7.49. The van der Waals surface area contributed by atoms with Gasteiger partial charge in [0, 0.05) is 30.6 Å². The molecule has 2 fully saturated rings. The summed E-state index contributed by atoms with van der Waals surface area (Å²) in [4.78, 5) is 11.6. The summed E-state index contributed by atoms with van der Waals surface area (Å²) in [7, 11) is 0. The number of aromatic nitrogens is 2. The van der Waals surface area contributed by atoms with Crippen LogP contribution in [-0.4, -0.2) is 47.1 Å². The Balaban J connectivity index is 0.00000189. The summed E-state index contributed by atoms with van der Waals surface area (Å²) in [5.74, 6) is -1.76. The Bertz CT molecular complexity index is 1050. The lowest BCUT2D eigenvalue weighted by Crippen LogP contribution is -2.40. The first-order chi connectivity index (χ1) is 20.1. The van der Waals surface area contributed by atoms with Gasteiger partial charge in [0.25, 0.3) is 5.92 Å². The molecule has 3 N–H and O–H groups in total. The maximum Gasteiger partial charge on any atom is 0.276 e. The van der Waals surface area contributed by atoms with Gasteiger partial charge in [-0.05, 0) is 76.3 Å². The van der Waals surface area contributed by atoms with Gasteiger partial charge in [0.05, 0.1) is 5.56 Å². The molecule has 1 aromatic heterocycles. The molecule has 1 aromatic carbocycles. The average molecular weight is 569 g/mol. The van der Waals surface area contributed by atoms with E-state index >= 15 is 8.78 Å². The van der Waals surface area contributed by atoms with Crippen LogP contribution in [0.2, 0.25) is 0 Å². The van der Waals surface area contributed by atoms with Crippen molar-refractivity contribution in [2.75, 3.05) is 36.8 Å². The van der Waals surface area contributed by atoms with Gasteiger partial charge in [-0.3, -0.25) is 0 Å². The Hall–Kier alpha value is -2.58. The van der Waals surface area contributed by atoms with Crippen LogP contribution < -0.4 is 16.0 Å². The summed E-state index contributed by atoms with van der Waals surface area (Å²) in [5, 5.41) is 10.8. The van der Waals surface area contributed by atoms with E-state index in [1.165, 1.54) is 51.4 Å². The van der Waals surface area contributed by atoms with Crippen molar-refractivity contribution in [2.24, 2.45) is 5.92 Å². The molecule has 1 aliphatic carbocycles. The van der Waals surface area contributed by atoms with Crippen LogP contribution in [0.15, 0.2) is 43.8 Å². The second kappa shape index (κ2) is 16.2. The molecular weight excluding hydrogens is 518 g/mol. The SMILES string of the molecule is C=C.FC1(F)c2cccc(c2)CNc2ncnc(NC3CCCCC3)c2CNCCCCCCCN2CCC1CC2. The van der Waals surface area contributed by atoms with Crippen molar-refractivity contribution in [3.8, 4) is 0 Å². The number of rotatable bonds is 2. The van der Waals surface area contributed by atoms with E-state index in [1.807, 2.05) is 6.07 Å². The molecule has 2 aromatic rings. The van der Waals surface area contributed by atoms with Gasteiger partial charge >= 0.3 is 0 Å². The molecule has 4 aliphatic rings. The Morgan fingerprint density at radius 2 is 1.59 bits per heavy atom. The highest BCUT2D eigenvalue weighted by Gasteiger charge is 2.42. The summed E-state index contributed by atoms with van der Waals surface area (Å²) in [6.07, 6.45) is 14.8. The Morgan fingerprint density at radius 1 is 0.854 bits per heavy atom. The zero-order valence-electron chi connectivity index (χ0n) is 24.8. The number of alkyl halides is 2. The van der Waals surface area contributed by atoms with Crippen molar-refractivity contribution in [1.82, 2.24) is 20.2 Å². The monoisotopic (exact) mass is 568 g/mol. The first kappa shape index (κ1) is 31.4. The second-order valence-electron chi connectivity index (χ2n) is 11.8. The Kier molecular flexibility index (Phi) is 12.4. The zero-order valence-corrected chi connectivity index (χ0v) is 24.8. The molecule has 41 heavy (non-hydrogen) atoms. The fourth-order valence-electron chi connectivity index (χ4n) is 6.46. The number of nitrogens with zero attached hydrogens (tertiary/aromatic N) is 3. The van der Waals surface area contributed by atoms with E-state index in [-0.39, 0.29) is 5.56 Å². The molecule has 0 unspecified atom stereocenters. The van der Waals surface area contributed by atoms with Crippen LogP contribution in [0.5, 0.6) is 0 Å². The summed E-state index contributed by atoms with van der Waals surface area (Å²) >= 11 is 0. The smallest absolute Gasteiger partial charge is 0.276 e. The molecule has 0 atom stereocenters. The molecule has 0 spiro atoms. The fraction of sp³-hybridized carbons (Fsp3) is 0.636. The molecule has 8 heteroatoms. The molecule has 6 rings (SSSR count). The molecular formula is C33H50F2N6. The fourth-order valence-corrected chi connectivity index (χ4v) is 6.46. The third-order valence-electron chi connectivity index (χ3n) is 8.89. The molecule has 6 nitrogen and oxygen atoms in total. The van der Waals surface area contributed by atoms with Crippen LogP contribution in [0.4, 0.5) is 20.4 Å². The highest BCUT2D eigenvalue weighted by atomic mass is 19.3. The quantitative estimate of drug-likeness (QED) is 0.326. The normalized spacial score (nSPS) is 24.4. The van der Waals surface area contributed by atoms with Gasteiger partial charge in [-0.15, -0.1) is 13.2 Å². The largest absolute Gasteiger partial charge is 0.367 e. The van der Waals surface area contributed by atoms with Crippen LogP contribution in [0.25, 0.3) is 0 Å². The number of fused-ring (bicyclic) bond motifs is 11. The minimum Gasteiger partial charge on any atom is -0.367 e. The van der Waals surface area contributed by atoms with Crippen LogP contribution >= 0.6 is 0 Å². The highest BCUT2D eigenvalue weighted by Crippen LogP contribution is 2.42. The second-order valence-corrected chi connectivity index (χ2v) is 11.8. The van der Waals surface area contributed by atoms with E-state index in [9.17, 15) is 0 Å². The topological polar surface area (TPSA) is 65.1 Å². The van der Waals surface area contributed by atoms with Crippen LogP contribution in [0, 0.1) is 5.92 Å². The number of piperidine rings is 1. The standard InChI is InChI=1S/C31H46F2N6.C2H4/c32-31(33)25-14-18-39(19-15-25)17-8-3-1-2-7-16-34-22-28-29(35-21-24-10-9-11-26(31)20-24)36-23-37-30(28)38-27-12-5-4-6-13-27;1-2/h9-11,20,23,25,27,34H,1-8,12-19,21-22H2,(H2,35,36,37,38);1-2H2. The van der Waals surface area contributed by atoms with E-state index in [4.69, 9.17) is 0 Å². The number of hydrogen-bond donors (Lipinski definition) is 3. The zero-order chi connectivity index (χ0) is 28.9. The molecule has 4 bridgehead atoms. The molecule has 0 amide bonds. The number of anilines is 2. The van der Waals surface area contributed by atoms with Crippen molar-refractivity contribution in [1.29, 1.82) is 0 Å². The number of benzene rings is 1. The van der Waals surface area contributed by atoms with Crippen LogP contribution in [-0.2, 0) is 19.0 Å². The van der Waals surface area contributed by atoms with Gasteiger partial charge in [0.15, 0.2) is 0 Å². The molecule has 0 radical (unpaired) electrons. The van der Waals surface area contributed by atoms with Gasteiger partial charge in [-0.1, -0.05) is 56.7 Å². The molecule has 3 aliphatic heterocycles. The molecule has 1 saturated carbocycles. The summed E-state index contributed by atoms with van der Waals surface area (Å²) in [5.41, 5.74) is 2.01. The van der Waals surface area contributed by atoms with E-state index in [0.29, 0.717) is 32.0 Å². The molecule has 4 heterocycles. The first-order valence-electron chi connectivity index (χ1n) is 15.8. The minimum atomic E-state index is -2.82. The molecule has 1 saturated heterocycles. The lowest BCUT2D eigenvalue weighted by Gasteiger charge is -2.36. The third-order valence-corrected chi connectivity index (χ3v) is 8.89. The van der Waals surface area contributed by atoms with Gasteiger partial charge < -0.3 is 20.9 Å². The van der Waals surface area contributed by atoms with Gasteiger partial charge in [-0.25, -0.2) is 18.7 Å². The third kappa shape index (κ3) is 8.95. The van der Waals surface area contributed by atoms with Crippen molar-refractivity contribution in [2.45, 2.75) is 102 Å². The Labute approximate surface area is 245 Å². The maximum atomic E-state index is 15.6. The van der Waals surface area contributed by atoms with Gasteiger partial charge in [-0.2, -0.15) is 0 Å². The number of hydrogen-bond acceptors (Lipinski definition) is 6. The summed E-state index contributed by atoms with van der Waals surface area (Å²) in [6, 6.07) is 7.40. The number of halogens is 2. The van der Waals surface area contributed by atoms with Gasteiger partial charge in [0.2, 0.25) is 0 Å². The van der Waals surface area contributed by atoms with Gasteiger partial charge in [0.1, 0.15) is 18.0 Å². The summed E-state index contributed by atoms with van der Waals surface area (Å²) < 4.78 is 31.3. The molecule has 226 valence electrons. The van der Waals surface area contributed by atoms with Crippen LogP contribution in [0.3, 0.4) is 0 Å². The predicted molar refractivity (Wildman–Crippen MR) is 165 cm³/mol. The van der Waals surface area contributed by atoms with Crippen molar-refractivity contribution < 1.29 is 8.78 Å². The van der Waals surface area contributed by atoms with Crippen molar-refractivity contribution in [3.63, 3.8) is 0 Å². The average Bonchev–Trinajstić information content (AvgIpc) is 3.01. The van der Waals surface area contributed by atoms with Crippen LogP contribution in [0.1, 0.15) is 93.7 Å². The maximum absolute atomic E-state index is 15.6. The van der Waals surface area contributed by atoms with E-state index < -0.39 is 11.8 Å². The van der Waals surface area contributed by atoms with E-state index in [0.717, 1.165) is 61.8 Å². The van der Waals surface area contributed by atoms with E-state index in [1.54, 1.807) is 24.5 Å². The number of nitrogens with one attached hydrogen (secondary N) is 3. The van der Waals surface area contributed by atoms with Crippen molar-refractivity contribution in [3.05, 3.63) is 60.4 Å². The lowest BCUT2D eigenvalue weighted by molar-refractivity contribution is -0.0855. The minimum absolute atomic E-state index is 0.135. The Morgan fingerprint density at radius 3 is 2.39 bits per heavy atom. The highest BCUT2D eigenvalue weighted by molar-refractivity contribution is 5.58.